The van der Waals surface area contributed by atoms with Gasteiger partial charge in [-0.25, -0.2) is 0 Å². The summed E-state index contributed by atoms with van der Waals surface area (Å²) in [7, 11) is 1.36. The summed E-state index contributed by atoms with van der Waals surface area (Å²) in [5.74, 6) is 5.47. The number of esters is 1. The van der Waals surface area contributed by atoms with Crippen LogP contribution >= 0.6 is 11.3 Å². The maximum atomic E-state index is 10.9. The van der Waals surface area contributed by atoms with Gasteiger partial charge in [-0.05, 0) is 17.7 Å². The van der Waals surface area contributed by atoms with Crippen molar-refractivity contribution >= 4 is 17.3 Å². The monoisotopic (exact) mass is 256 g/mol. The summed E-state index contributed by atoms with van der Waals surface area (Å²) in [5.41, 5.74) is 1.18. The van der Waals surface area contributed by atoms with Crippen LogP contribution in [0.5, 0.6) is 0 Å². The summed E-state index contributed by atoms with van der Waals surface area (Å²) in [5, 5.41) is 0. The average molecular weight is 256 g/mol. The van der Waals surface area contributed by atoms with Crippen LogP contribution in [0.1, 0.15) is 11.3 Å². The Morgan fingerprint density at radius 3 is 2.72 bits per heavy atom. The van der Waals surface area contributed by atoms with Gasteiger partial charge in [0.05, 0.1) is 12.0 Å². The van der Waals surface area contributed by atoms with Crippen LogP contribution in [-0.2, 0) is 9.53 Å². The highest BCUT2D eigenvalue weighted by Gasteiger charge is 2.00. The molecule has 0 unspecified atom stereocenters. The van der Waals surface area contributed by atoms with E-state index in [2.05, 4.69) is 28.7 Å². The highest BCUT2D eigenvalue weighted by Crippen LogP contribution is 2.27. The zero-order chi connectivity index (χ0) is 12.8. The molecule has 2 aromatic rings. The maximum Gasteiger partial charge on any atom is 0.317 e. The zero-order valence-corrected chi connectivity index (χ0v) is 10.8. The van der Waals surface area contributed by atoms with Crippen LogP contribution in [0.4, 0.5) is 0 Å². The Labute approximate surface area is 110 Å². The Morgan fingerprint density at radius 1 is 1.22 bits per heavy atom. The maximum absolute atomic E-state index is 10.9. The number of hydrogen-bond acceptors (Lipinski definition) is 3. The third kappa shape index (κ3) is 3.22. The molecule has 1 heterocycles. The lowest BCUT2D eigenvalue weighted by atomic mass is 10.2. The van der Waals surface area contributed by atoms with E-state index >= 15 is 0 Å². The molecule has 3 heteroatoms. The van der Waals surface area contributed by atoms with Crippen LogP contribution in [0.25, 0.3) is 10.4 Å². The van der Waals surface area contributed by atoms with Gasteiger partial charge in [-0.15, -0.1) is 11.3 Å². The van der Waals surface area contributed by atoms with Crippen molar-refractivity contribution in [2.24, 2.45) is 0 Å². The van der Waals surface area contributed by atoms with Gasteiger partial charge in [0.25, 0.3) is 0 Å². The normalized spacial score (nSPS) is 9.39. The first-order valence-electron chi connectivity index (χ1n) is 5.50. The third-order valence-electron chi connectivity index (χ3n) is 2.34. The van der Waals surface area contributed by atoms with Crippen LogP contribution in [0.2, 0.25) is 0 Å². The molecule has 0 aliphatic carbocycles. The van der Waals surface area contributed by atoms with Gasteiger partial charge in [-0.2, -0.15) is 0 Å². The topological polar surface area (TPSA) is 26.3 Å². The average Bonchev–Trinajstić information content (AvgIpc) is 2.88. The van der Waals surface area contributed by atoms with E-state index in [1.54, 1.807) is 11.3 Å². The molecule has 18 heavy (non-hydrogen) atoms. The fraction of sp³-hybridized carbons (Fsp3) is 0.133. The summed E-state index contributed by atoms with van der Waals surface area (Å²) in [4.78, 5) is 13.0. The van der Waals surface area contributed by atoms with Crippen LogP contribution in [0.3, 0.4) is 0 Å². The molecule has 0 aliphatic rings. The van der Waals surface area contributed by atoms with E-state index in [-0.39, 0.29) is 12.4 Å². The number of ether oxygens (including phenoxy) is 1. The highest BCUT2D eigenvalue weighted by molar-refractivity contribution is 7.16. The molecule has 0 amide bonds. The fourth-order valence-electron chi connectivity index (χ4n) is 1.44. The van der Waals surface area contributed by atoms with Gasteiger partial charge < -0.3 is 4.74 Å². The molecule has 0 fully saturated rings. The molecule has 1 aromatic carbocycles. The van der Waals surface area contributed by atoms with Gasteiger partial charge in [-0.3, -0.25) is 4.79 Å². The van der Waals surface area contributed by atoms with Gasteiger partial charge in [0.15, 0.2) is 0 Å². The Hall–Kier alpha value is -2.05. The Balaban J connectivity index is 2.09. The van der Waals surface area contributed by atoms with Crippen molar-refractivity contribution in [2.75, 3.05) is 7.11 Å². The molecule has 0 saturated carbocycles. The second-order valence-corrected chi connectivity index (χ2v) is 4.67. The predicted octanol–water partition coefficient (Wildman–Crippen LogP) is 3.33. The summed E-state index contributed by atoms with van der Waals surface area (Å²) in [6.45, 7) is 0. The van der Waals surface area contributed by atoms with Crippen molar-refractivity contribution in [1.82, 2.24) is 0 Å². The number of carbonyl (C=O) groups is 1. The lowest BCUT2D eigenvalue weighted by Crippen LogP contribution is -1.96. The van der Waals surface area contributed by atoms with Crippen LogP contribution in [0, 0.1) is 11.8 Å². The molecule has 0 aliphatic heterocycles. The van der Waals surface area contributed by atoms with Crippen molar-refractivity contribution in [3.05, 3.63) is 47.3 Å². The molecule has 0 atom stereocenters. The number of benzene rings is 1. The molecule has 1 aromatic heterocycles. The van der Waals surface area contributed by atoms with Gasteiger partial charge in [0, 0.05) is 4.88 Å². The van der Waals surface area contributed by atoms with Crippen molar-refractivity contribution in [3.63, 3.8) is 0 Å². The molecule has 0 saturated heterocycles. The van der Waals surface area contributed by atoms with E-state index < -0.39 is 0 Å². The minimum absolute atomic E-state index is 0.134. The van der Waals surface area contributed by atoms with E-state index in [9.17, 15) is 4.79 Å². The third-order valence-corrected chi connectivity index (χ3v) is 3.39. The molecule has 90 valence electrons. The summed E-state index contributed by atoms with van der Waals surface area (Å²) < 4.78 is 4.52. The minimum Gasteiger partial charge on any atom is -0.468 e. The predicted molar refractivity (Wildman–Crippen MR) is 73.3 cm³/mol. The largest absolute Gasteiger partial charge is 0.468 e. The molecule has 2 nitrogen and oxygen atoms in total. The Kier molecular flexibility index (Phi) is 4.16. The van der Waals surface area contributed by atoms with Gasteiger partial charge >= 0.3 is 5.97 Å². The standard InChI is InChI=1S/C15H12O2S/c1-17-15(16)9-5-8-13-10-11-14(18-13)12-6-3-2-4-7-12/h2-4,6-7,10-11H,9H2,1H3. The number of thiophene rings is 1. The molecular weight excluding hydrogens is 244 g/mol. The van der Waals surface area contributed by atoms with E-state index in [1.165, 1.54) is 17.6 Å². The van der Waals surface area contributed by atoms with Crippen molar-refractivity contribution in [3.8, 4) is 22.3 Å². The summed E-state index contributed by atoms with van der Waals surface area (Å²) in [6.07, 6.45) is 0.134. The first kappa shape index (κ1) is 12.4. The molecule has 2 rings (SSSR count). The van der Waals surface area contributed by atoms with Gasteiger partial charge in [0.2, 0.25) is 0 Å². The summed E-state index contributed by atoms with van der Waals surface area (Å²) in [6, 6.07) is 14.2. The Morgan fingerprint density at radius 2 is 2.00 bits per heavy atom. The first-order valence-corrected chi connectivity index (χ1v) is 6.32. The molecule has 0 radical (unpaired) electrons. The van der Waals surface area contributed by atoms with E-state index in [0.717, 1.165) is 4.88 Å². The van der Waals surface area contributed by atoms with Crippen LogP contribution in [0.15, 0.2) is 42.5 Å². The smallest absolute Gasteiger partial charge is 0.317 e. The number of carbonyl (C=O) groups excluding carboxylic acids is 1. The molecular formula is C15H12O2S. The number of rotatable bonds is 2. The quantitative estimate of drug-likeness (QED) is 0.608. The first-order chi connectivity index (χ1) is 8.79. The van der Waals surface area contributed by atoms with Gasteiger partial charge in [-0.1, -0.05) is 42.2 Å². The lowest BCUT2D eigenvalue weighted by molar-refractivity contribution is -0.139. The zero-order valence-electron chi connectivity index (χ0n) is 9.97. The molecule has 0 spiro atoms. The van der Waals surface area contributed by atoms with E-state index in [1.807, 2.05) is 30.3 Å². The Bertz CT molecular complexity index is 588. The van der Waals surface area contributed by atoms with Crippen molar-refractivity contribution < 1.29 is 9.53 Å². The second-order valence-electron chi connectivity index (χ2n) is 3.58. The molecule has 0 N–H and O–H groups in total. The van der Waals surface area contributed by atoms with E-state index in [0.29, 0.717) is 0 Å². The van der Waals surface area contributed by atoms with Gasteiger partial charge in [0.1, 0.15) is 6.42 Å². The number of methoxy groups -OCH3 is 1. The lowest BCUT2D eigenvalue weighted by Gasteiger charge is -1.93. The van der Waals surface area contributed by atoms with E-state index in [4.69, 9.17) is 0 Å². The highest BCUT2D eigenvalue weighted by atomic mass is 32.1. The van der Waals surface area contributed by atoms with Crippen LogP contribution in [-0.4, -0.2) is 13.1 Å². The second kappa shape index (κ2) is 6.04. The minimum atomic E-state index is -0.303. The van der Waals surface area contributed by atoms with Crippen LogP contribution < -0.4 is 0 Å². The number of hydrogen-bond donors (Lipinski definition) is 0. The SMILES string of the molecule is COC(=O)CC#Cc1ccc(-c2ccccc2)s1. The molecule has 0 bridgehead atoms. The summed E-state index contributed by atoms with van der Waals surface area (Å²) >= 11 is 1.62. The van der Waals surface area contributed by atoms with Crippen molar-refractivity contribution in [2.45, 2.75) is 6.42 Å². The van der Waals surface area contributed by atoms with Crippen molar-refractivity contribution in [1.29, 1.82) is 0 Å². The fourth-order valence-corrected chi connectivity index (χ4v) is 2.32.